The van der Waals surface area contributed by atoms with Crippen LogP contribution in [0.5, 0.6) is 0 Å². The van der Waals surface area contributed by atoms with Crippen molar-refractivity contribution >= 4 is 5.91 Å². The van der Waals surface area contributed by atoms with Crippen LogP contribution in [0.2, 0.25) is 0 Å². The topological polar surface area (TPSA) is 64.3 Å². The summed E-state index contributed by atoms with van der Waals surface area (Å²) in [5.74, 6) is 0.233. The summed E-state index contributed by atoms with van der Waals surface area (Å²) in [6.07, 6.45) is 0.623. The molecule has 0 spiro atoms. The zero-order valence-electron chi connectivity index (χ0n) is 11.2. The van der Waals surface area contributed by atoms with Crippen molar-refractivity contribution in [2.75, 3.05) is 13.2 Å². The first-order valence-electron chi connectivity index (χ1n) is 6.02. The van der Waals surface area contributed by atoms with E-state index in [1.165, 1.54) is 0 Å². The number of carbonyl (C=O) groups excluding carboxylic acids is 1. The molecule has 4 heteroatoms. The molecule has 0 saturated heterocycles. The predicted molar refractivity (Wildman–Crippen MR) is 66.1 cm³/mol. The summed E-state index contributed by atoms with van der Waals surface area (Å²) in [5, 5.41) is 2.95. The van der Waals surface area contributed by atoms with Crippen molar-refractivity contribution in [3.8, 4) is 0 Å². The van der Waals surface area contributed by atoms with Crippen LogP contribution in [0.25, 0.3) is 0 Å². The first-order chi connectivity index (χ1) is 7.35. The molecule has 2 unspecified atom stereocenters. The van der Waals surface area contributed by atoms with Gasteiger partial charge < -0.3 is 15.8 Å². The summed E-state index contributed by atoms with van der Waals surface area (Å²) < 4.78 is 5.35. The normalized spacial score (nSPS) is 16.9. The van der Waals surface area contributed by atoms with E-state index in [-0.39, 0.29) is 11.9 Å². The largest absolute Gasteiger partial charge is 0.380 e. The molecule has 0 fully saturated rings. The highest BCUT2D eigenvalue weighted by molar-refractivity contribution is 5.85. The van der Waals surface area contributed by atoms with Gasteiger partial charge in [-0.25, -0.2) is 0 Å². The highest BCUT2D eigenvalue weighted by Gasteiger charge is 2.28. The SMILES string of the molecule is CCOCC(NC(=O)C(C)(N)CC)C(C)C. The number of nitrogens with one attached hydrogen (secondary N) is 1. The average Bonchev–Trinajstić information content (AvgIpc) is 2.23. The Hall–Kier alpha value is -0.610. The zero-order valence-corrected chi connectivity index (χ0v) is 11.2. The number of ether oxygens (including phenoxy) is 1. The summed E-state index contributed by atoms with van der Waals surface area (Å²) >= 11 is 0. The van der Waals surface area contributed by atoms with Crippen molar-refractivity contribution in [3.63, 3.8) is 0 Å². The smallest absolute Gasteiger partial charge is 0.240 e. The van der Waals surface area contributed by atoms with Gasteiger partial charge in [-0.3, -0.25) is 4.79 Å². The third-order valence-corrected chi connectivity index (χ3v) is 2.88. The van der Waals surface area contributed by atoms with Gasteiger partial charge in [0.05, 0.1) is 18.2 Å². The molecule has 0 saturated carbocycles. The molecule has 0 aromatic heterocycles. The molecular formula is C12H26N2O2. The van der Waals surface area contributed by atoms with E-state index in [1.54, 1.807) is 6.92 Å². The lowest BCUT2D eigenvalue weighted by atomic mass is 9.97. The number of rotatable bonds is 7. The van der Waals surface area contributed by atoms with Gasteiger partial charge in [0.25, 0.3) is 0 Å². The van der Waals surface area contributed by atoms with Crippen LogP contribution in [-0.2, 0) is 9.53 Å². The molecule has 1 amide bonds. The van der Waals surface area contributed by atoms with E-state index in [0.717, 1.165) is 0 Å². The van der Waals surface area contributed by atoms with Gasteiger partial charge in [-0.15, -0.1) is 0 Å². The highest BCUT2D eigenvalue weighted by atomic mass is 16.5. The number of hydrogen-bond acceptors (Lipinski definition) is 3. The molecule has 0 aromatic carbocycles. The molecule has 16 heavy (non-hydrogen) atoms. The van der Waals surface area contributed by atoms with Crippen LogP contribution in [0.15, 0.2) is 0 Å². The van der Waals surface area contributed by atoms with E-state index in [4.69, 9.17) is 10.5 Å². The Labute approximate surface area is 98.9 Å². The van der Waals surface area contributed by atoms with Crippen LogP contribution in [0.3, 0.4) is 0 Å². The number of amides is 1. The minimum atomic E-state index is -0.792. The van der Waals surface area contributed by atoms with Crippen molar-refractivity contribution < 1.29 is 9.53 Å². The molecule has 0 aliphatic carbocycles. The molecule has 2 atom stereocenters. The lowest BCUT2D eigenvalue weighted by Crippen LogP contribution is -2.55. The Kier molecular flexibility index (Phi) is 6.60. The van der Waals surface area contributed by atoms with Crippen LogP contribution in [0.1, 0.15) is 41.0 Å². The number of nitrogens with two attached hydrogens (primary N) is 1. The molecule has 4 nitrogen and oxygen atoms in total. The van der Waals surface area contributed by atoms with E-state index in [0.29, 0.717) is 25.6 Å². The highest BCUT2D eigenvalue weighted by Crippen LogP contribution is 2.08. The fourth-order valence-electron chi connectivity index (χ4n) is 1.14. The quantitative estimate of drug-likeness (QED) is 0.692. The minimum absolute atomic E-state index is 0.0295. The summed E-state index contributed by atoms with van der Waals surface area (Å²) in [5.41, 5.74) is 5.09. The number of carbonyl (C=O) groups is 1. The van der Waals surface area contributed by atoms with Crippen molar-refractivity contribution in [1.29, 1.82) is 0 Å². The van der Waals surface area contributed by atoms with Gasteiger partial charge in [0, 0.05) is 6.61 Å². The van der Waals surface area contributed by atoms with Crippen molar-refractivity contribution in [2.45, 2.75) is 52.6 Å². The van der Waals surface area contributed by atoms with Crippen LogP contribution in [0.4, 0.5) is 0 Å². The Morgan fingerprint density at radius 3 is 2.38 bits per heavy atom. The van der Waals surface area contributed by atoms with Gasteiger partial charge in [-0.05, 0) is 26.2 Å². The van der Waals surface area contributed by atoms with Crippen LogP contribution < -0.4 is 11.1 Å². The Morgan fingerprint density at radius 1 is 1.44 bits per heavy atom. The molecule has 0 aliphatic heterocycles. The molecule has 0 bridgehead atoms. The third-order valence-electron chi connectivity index (χ3n) is 2.88. The van der Waals surface area contributed by atoms with Crippen LogP contribution >= 0.6 is 0 Å². The second kappa shape index (κ2) is 6.86. The fraction of sp³-hybridized carbons (Fsp3) is 0.917. The zero-order chi connectivity index (χ0) is 12.8. The van der Waals surface area contributed by atoms with Crippen molar-refractivity contribution in [1.82, 2.24) is 5.32 Å². The van der Waals surface area contributed by atoms with E-state index < -0.39 is 5.54 Å². The monoisotopic (exact) mass is 230 g/mol. The summed E-state index contributed by atoms with van der Waals surface area (Å²) in [6, 6.07) is 0.0295. The molecule has 96 valence electrons. The lowest BCUT2D eigenvalue weighted by molar-refractivity contribution is -0.127. The molecule has 0 rings (SSSR count). The first kappa shape index (κ1) is 15.4. The maximum absolute atomic E-state index is 11.9. The molecule has 3 N–H and O–H groups in total. The van der Waals surface area contributed by atoms with Gasteiger partial charge in [0.1, 0.15) is 0 Å². The third kappa shape index (κ3) is 4.94. The molecule has 0 aliphatic rings. The fourth-order valence-corrected chi connectivity index (χ4v) is 1.14. The van der Waals surface area contributed by atoms with E-state index in [1.807, 2.05) is 13.8 Å². The molecular weight excluding hydrogens is 204 g/mol. The van der Waals surface area contributed by atoms with Gasteiger partial charge >= 0.3 is 0 Å². The maximum atomic E-state index is 11.9. The van der Waals surface area contributed by atoms with Gasteiger partial charge in [0.2, 0.25) is 5.91 Å². The maximum Gasteiger partial charge on any atom is 0.240 e. The molecule has 0 aromatic rings. The second-order valence-corrected chi connectivity index (χ2v) is 4.75. The van der Waals surface area contributed by atoms with E-state index in [2.05, 4.69) is 19.2 Å². The van der Waals surface area contributed by atoms with Crippen molar-refractivity contribution in [3.05, 3.63) is 0 Å². The van der Waals surface area contributed by atoms with Gasteiger partial charge in [-0.2, -0.15) is 0 Å². The van der Waals surface area contributed by atoms with E-state index in [9.17, 15) is 4.79 Å². The van der Waals surface area contributed by atoms with Crippen LogP contribution in [-0.4, -0.2) is 30.7 Å². The summed E-state index contributed by atoms with van der Waals surface area (Å²) in [4.78, 5) is 11.9. The summed E-state index contributed by atoms with van der Waals surface area (Å²) in [7, 11) is 0. The van der Waals surface area contributed by atoms with E-state index >= 15 is 0 Å². The Bertz CT molecular complexity index is 215. The Morgan fingerprint density at radius 2 is 2.00 bits per heavy atom. The standard InChI is InChI=1S/C12H26N2O2/c1-6-12(5,13)11(15)14-10(9(3)4)8-16-7-2/h9-10H,6-8,13H2,1-5H3,(H,14,15). The Balaban J connectivity index is 4.34. The minimum Gasteiger partial charge on any atom is -0.380 e. The van der Waals surface area contributed by atoms with Gasteiger partial charge in [-0.1, -0.05) is 20.8 Å². The van der Waals surface area contributed by atoms with Crippen LogP contribution in [0, 0.1) is 5.92 Å². The predicted octanol–water partition coefficient (Wildman–Crippen LogP) is 1.29. The first-order valence-corrected chi connectivity index (χ1v) is 6.02. The summed E-state index contributed by atoms with van der Waals surface area (Å²) in [6.45, 7) is 10.9. The van der Waals surface area contributed by atoms with Gasteiger partial charge in [0.15, 0.2) is 0 Å². The molecule has 0 radical (unpaired) electrons. The number of hydrogen-bond donors (Lipinski definition) is 2. The second-order valence-electron chi connectivity index (χ2n) is 4.75. The van der Waals surface area contributed by atoms with Crippen molar-refractivity contribution in [2.24, 2.45) is 11.7 Å². The molecule has 0 heterocycles. The lowest BCUT2D eigenvalue weighted by Gasteiger charge is -2.28. The average molecular weight is 230 g/mol.